The van der Waals surface area contributed by atoms with Crippen LogP contribution in [0.25, 0.3) is 0 Å². The second-order valence-corrected chi connectivity index (χ2v) is 8.31. The van der Waals surface area contributed by atoms with Crippen molar-refractivity contribution >= 4 is 5.91 Å². The summed E-state index contributed by atoms with van der Waals surface area (Å²) in [6, 6.07) is 3.94. The highest BCUT2D eigenvalue weighted by Gasteiger charge is 2.22. The van der Waals surface area contributed by atoms with Gasteiger partial charge in [0.1, 0.15) is 6.61 Å². The van der Waals surface area contributed by atoms with Gasteiger partial charge in [-0.15, -0.1) is 0 Å². The molecule has 172 valence electrons. The van der Waals surface area contributed by atoms with E-state index in [0.29, 0.717) is 31.9 Å². The zero-order chi connectivity index (χ0) is 22.9. The fraction of sp³-hybridized carbons (Fsp3) is 0.423. The molecule has 1 amide bonds. The van der Waals surface area contributed by atoms with Gasteiger partial charge in [-0.3, -0.25) is 4.79 Å². The van der Waals surface area contributed by atoms with E-state index in [1.807, 2.05) is 12.2 Å². The van der Waals surface area contributed by atoms with Crippen molar-refractivity contribution in [1.82, 2.24) is 5.32 Å². The van der Waals surface area contributed by atoms with Crippen molar-refractivity contribution in [2.24, 2.45) is 17.8 Å². The minimum Gasteiger partial charge on any atom is -0.486 e. The number of carbonyl (C=O) groups is 1. The van der Waals surface area contributed by atoms with E-state index in [4.69, 9.17) is 9.47 Å². The largest absolute Gasteiger partial charge is 0.486 e. The molecule has 2 aliphatic carbocycles. The number of hydrogen-bond donors (Lipinski definition) is 1. The van der Waals surface area contributed by atoms with E-state index < -0.39 is 11.6 Å². The predicted molar refractivity (Wildman–Crippen MR) is 121 cm³/mol. The summed E-state index contributed by atoms with van der Waals surface area (Å²) in [4.78, 5) is 12.5. The number of carbonyl (C=O) groups excluding carboxylic acids is 1. The van der Waals surface area contributed by atoms with E-state index in [1.165, 1.54) is 12.1 Å². The van der Waals surface area contributed by atoms with Gasteiger partial charge in [0.2, 0.25) is 11.7 Å². The number of ether oxygens (including phenoxy) is 2. The molecule has 6 heteroatoms. The van der Waals surface area contributed by atoms with Gasteiger partial charge in [-0.25, -0.2) is 4.39 Å². The van der Waals surface area contributed by atoms with Crippen LogP contribution in [0.1, 0.15) is 26.2 Å². The molecule has 1 N–H and O–H groups in total. The van der Waals surface area contributed by atoms with Crippen LogP contribution in [0, 0.1) is 29.4 Å². The van der Waals surface area contributed by atoms with Gasteiger partial charge < -0.3 is 14.8 Å². The van der Waals surface area contributed by atoms with Gasteiger partial charge >= 0.3 is 0 Å². The Morgan fingerprint density at radius 2 is 2.03 bits per heavy atom. The molecule has 0 aliphatic heterocycles. The van der Waals surface area contributed by atoms with Crippen LogP contribution in [-0.2, 0) is 9.53 Å². The third kappa shape index (κ3) is 6.63. The highest BCUT2D eigenvalue weighted by Crippen LogP contribution is 2.31. The number of rotatable bonds is 8. The van der Waals surface area contributed by atoms with E-state index in [2.05, 4.69) is 36.5 Å². The van der Waals surface area contributed by atoms with Crippen LogP contribution in [-0.4, -0.2) is 32.8 Å². The van der Waals surface area contributed by atoms with Crippen LogP contribution in [0.2, 0.25) is 0 Å². The molecule has 0 fully saturated rings. The smallest absolute Gasteiger partial charge is 0.227 e. The lowest BCUT2D eigenvalue weighted by molar-refractivity contribution is -0.123. The zero-order valence-corrected chi connectivity index (χ0v) is 18.7. The highest BCUT2D eigenvalue weighted by atomic mass is 19.2. The summed E-state index contributed by atoms with van der Waals surface area (Å²) in [5.74, 6) is -1.79. The second-order valence-electron chi connectivity index (χ2n) is 8.31. The lowest BCUT2D eigenvalue weighted by atomic mass is 9.83. The fourth-order valence-corrected chi connectivity index (χ4v) is 3.99. The van der Waals surface area contributed by atoms with Gasteiger partial charge in [-0.1, -0.05) is 49.4 Å². The average Bonchev–Trinajstić information content (AvgIpc) is 2.77. The summed E-state index contributed by atoms with van der Waals surface area (Å²) in [6.07, 6.45) is 14.9. The lowest BCUT2D eigenvalue weighted by Gasteiger charge is -2.24. The van der Waals surface area contributed by atoms with Crippen LogP contribution < -0.4 is 10.1 Å². The zero-order valence-electron chi connectivity index (χ0n) is 18.7. The molecule has 0 radical (unpaired) electrons. The molecule has 3 atom stereocenters. The number of amides is 1. The summed E-state index contributed by atoms with van der Waals surface area (Å²) in [5.41, 5.74) is 2.10. The maximum Gasteiger partial charge on any atom is 0.227 e. The topological polar surface area (TPSA) is 47.6 Å². The normalized spacial score (nSPS) is 23.1. The van der Waals surface area contributed by atoms with Crippen molar-refractivity contribution in [2.45, 2.75) is 26.2 Å². The Kier molecular flexibility index (Phi) is 8.80. The molecule has 1 aromatic rings. The molecule has 0 saturated heterocycles. The fourth-order valence-electron chi connectivity index (χ4n) is 3.99. The molecular weight excluding hydrogens is 412 g/mol. The average molecular weight is 444 g/mol. The third-order valence-electron chi connectivity index (χ3n) is 5.67. The quantitative estimate of drug-likeness (QED) is 0.447. The summed E-state index contributed by atoms with van der Waals surface area (Å²) < 4.78 is 38.1. The summed E-state index contributed by atoms with van der Waals surface area (Å²) >= 11 is 0. The van der Waals surface area contributed by atoms with Crippen molar-refractivity contribution < 1.29 is 23.0 Å². The number of methoxy groups -OCH3 is 1. The molecule has 2 aliphatic rings. The van der Waals surface area contributed by atoms with E-state index in [0.717, 1.165) is 23.6 Å². The van der Waals surface area contributed by atoms with Crippen molar-refractivity contribution in [3.63, 3.8) is 0 Å². The SMILES string of the molecule is COCCNC(=O)C1C=C(C2C=CCC(C)C=C(COc3cccc(F)c3F)C2)C=CC1. The maximum atomic E-state index is 14.0. The molecule has 3 unspecified atom stereocenters. The van der Waals surface area contributed by atoms with Crippen molar-refractivity contribution in [1.29, 1.82) is 0 Å². The Hall–Kier alpha value is -2.73. The number of benzene rings is 1. The van der Waals surface area contributed by atoms with Gasteiger partial charge in [-0.05, 0) is 48.5 Å². The molecule has 1 aromatic carbocycles. The Morgan fingerprint density at radius 1 is 1.19 bits per heavy atom. The first-order chi connectivity index (χ1) is 15.5. The van der Waals surface area contributed by atoms with Gasteiger partial charge in [0.05, 0.1) is 12.5 Å². The van der Waals surface area contributed by atoms with E-state index in [1.54, 1.807) is 7.11 Å². The van der Waals surface area contributed by atoms with Gasteiger partial charge in [0.15, 0.2) is 11.6 Å². The van der Waals surface area contributed by atoms with Gasteiger partial charge in [0.25, 0.3) is 0 Å². The first-order valence-corrected chi connectivity index (χ1v) is 11.1. The molecule has 0 saturated carbocycles. The summed E-state index contributed by atoms with van der Waals surface area (Å²) in [5, 5.41) is 2.90. The maximum absolute atomic E-state index is 14.0. The molecule has 0 spiro atoms. The first-order valence-electron chi connectivity index (χ1n) is 11.1. The van der Waals surface area contributed by atoms with Gasteiger partial charge in [-0.2, -0.15) is 4.39 Å². The minimum atomic E-state index is -0.969. The molecule has 3 rings (SSSR count). The van der Waals surface area contributed by atoms with E-state index in [-0.39, 0.29) is 30.1 Å². The molecule has 0 bridgehead atoms. The molecule has 4 nitrogen and oxygen atoms in total. The molecule has 32 heavy (non-hydrogen) atoms. The molecule has 0 aromatic heterocycles. The van der Waals surface area contributed by atoms with Crippen molar-refractivity contribution in [3.8, 4) is 5.75 Å². The van der Waals surface area contributed by atoms with Crippen molar-refractivity contribution in [3.05, 3.63) is 77.4 Å². The second kappa shape index (κ2) is 11.8. The predicted octanol–water partition coefficient (Wildman–Crippen LogP) is 5.14. The third-order valence-corrected chi connectivity index (χ3v) is 5.67. The lowest BCUT2D eigenvalue weighted by Crippen LogP contribution is -2.33. The first kappa shape index (κ1) is 23.9. The van der Waals surface area contributed by atoms with Crippen LogP contribution >= 0.6 is 0 Å². The number of allylic oxidation sites excluding steroid dienone is 6. The van der Waals surface area contributed by atoms with Crippen LogP contribution in [0.4, 0.5) is 8.78 Å². The van der Waals surface area contributed by atoms with Crippen LogP contribution in [0.5, 0.6) is 5.75 Å². The Bertz CT molecular complexity index is 920. The van der Waals surface area contributed by atoms with E-state index >= 15 is 0 Å². The monoisotopic (exact) mass is 443 g/mol. The molecule has 0 heterocycles. The molecular formula is C26H31F2NO3. The van der Waals surface area contributed by atoms with Crippen LogP contribution in [0.3, 0.4) is 0 Å². The standard InChI is InChI=1S/C26H31F2NO3/c1-18-6-3-7-20(21-8-4-9-22(16-21)26(30)29-12-13-31-2)15-19(14-18)17-32-24-11-5-10-23(27)25(24)28/h3-5,7-8,10-11,14,16,18,20,22H,6,9,12-13,15,17H2,1-2H3,(H,29,30). The van der Waals surface area contributed by atoms with Crippen molar-refractivity contribution in [2.75, 3.05) is 26.9 Å². The summed E-state index contributed by atoms with van der Waals surface area (Å²) in [6.45, 7) is 3.27. The number of hydrogen-bond acceptors (Lipinski definition) is 3. The van der Waals surface area contributed by atoms with E-state index in [9.17, 15) is 13.6 Å². The Balaban J connectivity index is 1.70. The Labute approximate surface area is 188 Å². The van der Waals surface area contributed by atoms with Crippen LogP contribution in [0.15, 0.2) is 65.8 Å². The minimum absolute atomic E-state index is 0.00646. The van der Waals surface area contributed by atoms with Gasteiger partial charge in [0, 0.05) is 19.6 Å². The number of nitrogens with one attached hydrogen (secondary N) is 1. The Morgan fingerprint density at radius 3 is 2.84 bits per heavy atom. The highest BCUT2D eigenvalue weighted by molar-refractivity contribution is 5.81. The number of halogens is 2. The summed E-state index contributed by atoms with van der Waals surface area (Å²) in [7, 11) is 1.60.